The molecule has 77 heavy (non-hydrogen) atoms. The molecule has 0 radical (unpaired) electrons. The zero-order valence-corrected chi connectivity index (χ0v) is 48.8. The summed E-state index contributed by atoms with van der Waals surface area (Å²) >= 11 is 0. The third-order valence-electron chi connectivity index (χ3n) is 15.5. The molecule has 0 unspecified atom stereocenters. The Hall–Kier alpha value is -7.20. The molecule has 0 spiro atoms. The average Bonchev–Trinajstić information content (AvgIpc) is 4.02. The van der Waals surface area contributed by atoms with Crippen LogP contribution in [0.3, 0.4) is 0 Å². The van der Waals surface area contributed by atoms with Crippen molar-refractivity contribution in [2.24, 2.45) is 0 Å². The molecule has 392 valence electrons. The fraction of sp³-hybridized carbons (Fsp3) is 0.239. The van der Waals surface area contributed by atoms with E-state index >= 15 is 0 Å². The van der Waals surface area contributed by atoms with Gasteiger partial charge in [0.1, 0.15) is 5.82 Å². The standard InChI is InChI=1S/C71H69N4O.Pt/c1-46(2)59-27-20-28-60(47(3)4)68(59)50-30-34-64-66(38-50)74(45-73(64)55-26-19-25-52(39-55)69(5,6)7)56-40-54(71(11,12)51-23-17-14-18-24-51)41-58(43-56)76-57-31-32-61-62-37-49(48-21-15-13-16-22-48)29-33-63(62)75(65(61)44-57)67-42-53(35-36-72-67)70(8,9)10;/h13-42,45-47H,1-12H3;/q-3;. The molecule has 0 saturated heterocycles. The van der Waals surface area contributed by atoms with Crippen LogP contribution < -0.4 is 14.5 Å². The number of aromatic nitrogens is 2. The summed E-state index contributed by atoms with van der Waals surface area (Å²) in [5.41, 5.74) is 17.9. The predicted octanol–water partition coefficient (Wildman–Crippen LogP) is 19.5. The first-order valence-corrected chi connectivity index (χ1v) is 27.0. The quantitative estimate of drug-likeness (QED) is 0.121. The van der Waals surface area contributed by atoms with Crippen molar-refractivity contribution < 1.29 is 25.8 Å². The van der Waals surface area contributed by atoms with Gasteiger partial charge < -0.3 is 19.1 Å². The minimum absolute atomic E-state index is 0. The Bertz CT molecular complexity index is 3760. The maximum Gasteiger partial charge on any atom is 0.135 e. The largest absolute Gasteiger partial charge is 0.509 e. The van der Waals surface area contributed by atoms with Crippen LogP contribution in [0.2, 0.25) is 0 Å². The molecule has 10 aromatic rings. The molecule has 11 rings (SSSR count). The molecule has 5 nitrogen and oxygen atoms in total. The number of rotatable bonds is 11. The van der Waals surface area contributed by atoms with Gasteiger partial charge in [0.05, 0.1) is 0 Å². The van der Waals surface area contributed by atoms with Gasteiger partial charge in [-0.1, -0.05) is 198 Å². The summed E-state index contributed by atoms with van der Waals surface area (Å²) in [6, 6.07) is 71.5. The minimum atomic E-state index is -0.406. The van der Waals surface area contributed by atoms with Crippen LogP contribution in [0.1, 0.15) is 128 Å². The Morgan fingerprint density at radius 3 is 1.83 bits per heavy atom. The van der Waals surface area contributed by atoms with Crippen molar-refractivity contribution in [2.45, 2.75) is 111 Å². The van der Waals surface area contributed by atoms with Crippen molar-refractivity contribution in [1.82, 2.24) is 9.55 Å². The number of benzene rings is 8. The molecule has 0 bridgehead atoms. The summed E-state index contributed by atoms with van der Waals surface area (Å²) in [6.45, 7) is 29.6. The van der Waals surface area contributed by atoms with E-state index in [0.717, 1.165) is 61.5 Å². The van der Waals surface area contributed by atoms with E-state index in [-0.39, 0.29) is 31.9 Å². The van der Waals surface area contributed by atoms with E-state index in [4.69, 9.17) is 9.72 Å². The number of hydrogen-bond acceptors (Lipinski definition) is 4. The molecule has 0 fully saturated rings. The van der Waals surface area contributed by atoms with Crippen molar-refractivity contribution in [3.05, 3.63) is 234 Å². The van der Waals surface area contributed by atoms with Crippen molar-refractivity contribution in [3.63, 3.8) is 0 Å². The summed E-state index contributed by atoms with van der Waals surface area (Å²) in [4.78, 5) is 9.66. The Morgan fingerprint density at radius 2 is 1.14 bits per heavy atom. The summed E-state index contributed by atoms with van der Waals surface area (Å²) in [5.74, 6) is 2.72. The molecule has 0 amide bonds. The predicted molar refractivity (Wildman–Crippen MR) is 319 cm³/mol. The third-order valence-corrected chi connectivity index (χ3v) is 15.5. The number of hydrogen-bond donors (Lipinski definition) is 0. The van der Waals surface area contributed by atoms with Crippen LogP contribution >= 0.6 is 0 Å². The van der Waals surface area contributed by atoms with E-state index in [1.807, 2.05) is 6.20 Å². The molecular weight excluding hydrogens is 1120 g/mol. The third kappa shape index (κ3) is 10.2. The van der Waals surface area contributed by atoms with E-state index < -0.39 is 5.41 Å². The topological polar surface area (TPSA) is 33.5 Å². The number of anilines is 4. The molecule has 0 atom stereocenters. The normalized spacial score (nSPS) is 13.0. The zero-order valence-electron chi connectivity index (χ0n) is 46.6. The number of pyridine rings is 1. The van der Waals surface area contributed by atoms with Crippen molar-refractivity contribution >= 4 is 44.6 Å². The maximum atomic E-state index is 7.15. The minimum Gasteiger partial charge on any atom is -0.509 e. The molecule has 8 aromatic carbocycles. The van der Waals surface area contributed by atoms with E-state index in [2.05, 4.69) is 292 Å². The van der Waals surface area contributed by atoms with E-state index in [1.165, 1.54) is 44.5 Å². The van der Waals surface area contributed by atoms with Gasteiger partial charge in [-0.3, -0.25) is 0 Å². The van der Waals surface area contributed by atoms with Gasteiger partial charge in [0.25, 0.3) is 0 Å². The Kier molecular flexibility index (Phi) is 14.3. The summed E-state index contributed by atoms with van der Waals surface area (Å²) in [5, 5.41) is 2.19. The number of fused-ring (bicyclic) bond motifs is 4. The van der Waals surface area contributed by atoms with Crippen molar-refractivity contribution in [1.29, 1.82) is 0 Å². The van der Waals surface area contributed by atoms with Crippen molar-refractivity contribution in [2.75, 3.05) is 9.80 Å². The zero-order chi connectivity index (χ0) is 53.3. The maximum absolute atomic E-state index is 7.15. The monoisotopic (exact) mass is 1190 g/mol. The van der Waals surface area contributed by atoms with Gasteiger partial charge in [-0.2, -0.15) is 6.07 Å². The summed E-state index contributed by atoms with van der Waals surface area (Å²) in [7, 11) is 0. The average molecular weight is 1190 g/mol. The van der Waals surface area contributed by atoms with E-state index in [9.17, 15) is 0 Å². The molecule has 1 aliphatic rings. The van der Waals surface area contributed by atoms with Crippen LogP contribution in [-0.4, -0.2) is 9.55 Å². The molecule has 0 saturated carbocycles. The fourth-order valence-corrected chi connectivity index (χ4v) is 11.0. The van der Waals surface area contributed by atoms with Gasteiger partial charge in [0, 0.05) is 61.3 Å². The van der Waals surface area contributed by atoms with Gasteiger partial charge in [0.2, 0.25) is 0 Å². The smallest absolute Gasteiger partial charge is 0.135 e. The van der Waals surface area contributed by atoms with Crippen LogP contribution in [0.4, 0.5) is 22.7 Å². The van der Waals surface area contributed by atoms with Gasteiger partial charge in [-0.25, -0.2) is 4.98 Å². The second-order valence-corrected chi connectivity index (χ2v) is 23.9. The molecule has 3 heterocycles. The van der Waals surface area contributed by atoms with Gasteiger partial charge in [-0.15, -0.1) is 53.6 Å². The van der Waals surface area contributed by atoms with E-state index in [0.29, 0.717) is 23.3 Å². The summed E-state index contributed by atoms with van der Waals surface area (Å²) < 4.78 is 9.39. The molecule has 1 aliphatic heterocycles. The van der Waals surface area contributed by atoms with Gasteiger partial charge in [0.15, 0.2) is 0 Å². The molecule has 6 heteroatoms. The van der Waals surface area contributed by atoms with Gasteiger partial charge >= 0.3 is 0 Å². The Balaban J connectivity index is 0.00000672. The molecule has 2 aromatic heterocycles. The van der Waals surface area contributed by atoms with Crippen LogP contribution in [0.25, 0.3) is 49.9 Å². The number of nitrogens with zero attached hydrogens (tertiary/aromatic N) is 4. The molecular formula is C71H69N4OPt-3. The SMILES string of the molecule is CC(C)c1cccc(C(C)C)c1-c1ccc2c(c1)N(c1[c-]c(Oc3[c-]c4c(cc3)c3cc(-c5ccccc5)ccc3n4-c3cc(C(C)(C)C)ccn3)cc(C(C)(C)c3ccccc3)c1)[CH-]N2c1cccc(C(C)(C)C)c1.[Pt]. The second-order valence-electron chi connectivity index (χ2n) is 23.9. The first-order valence-electron chi connectivity index (χ1n) is 27.0. The van der Waals surface area contributed by atoms with Gasteiger partial charge in [-0.05, 0) is 126 Å². The Labute approximate surface area is 471 Å². The van der Waals surface area contributed by atoms with E-state index in [1.54, 1.807) is 0 Å². The number of ether oxygens (including phenoxy) is 1. The molecule has 0 aliphatic carbocycles. The first-order chi connectivity index (χ1) is 36.3. The van der Waals surface area contributed by atoms with Crippen LogP contribution in [-0.2, 0) is 37.3 Å². The first kappa shape index (κ1) is 53.2. The van der Waals surface area contributed by atoms with Crippen molar-refractivity contribution in [3.8, 4) is 39.6 Å². The van der Waals surface area contributed by atoms with Crippen LogP contribution in [0.15, 0.2) is 182 Å². The van der Waals surface area contributed by atoms with Crippen LogP contribution in [0, 0.1) is 18.8 Å². The fourth-order valence-electron chi connectivity index (χ4n) is 11.0. The molecule has 0 N–H and O–H groups in total. The second kappa shape index (κ2) is 20.6. The van der Waals surface area contributed by atoms with Crippen LogP contribution in [0.5, 0.6) is 11.5 Å². The Morgan fingerprint density at radius 1 is 0.494 bits per heavy atom. The summed E-state index contributed by atoms with van der Waals surface area (Å²) in [6.07, 6.45) is 1.92.